The van der Waals surface area contributed by atoms with Crippen LogP contribution < -0.4 is 0 Å². The lowest BCUT2D eigenvalue weighted by Gasteiger charge is -2.45. The summed E-state index contributed by atoms with van der Waals surface area (Å²) in [5.41, 5.74) is 0.483. The van der Waals surface area contributed by atoms with Crippen LogP contribution in [0.15, 0.2) is 0 Å². The minimum Gasteiger partial charge on any atom is -0.300 e. The zero-order chi connectivity index (χ0) is 11.8. The topological polar surface area (TPSA) is 3.24 Å². The molecule has 1 aliphatic heterocycles. The second kappa shape index (κ2) is 4.68. The lowest BCUT2D eigenvalue weighted by atomic mass is 9.70. The third-order valence-electron chi connectivity index (χ3n) is 4.94. The zero-order valence-corrected chi connectivity index (χ0v) is 11.6. The van der Waals surface area contributed by atoms with Gasteiger partial charge in [-0.3, -0.25) is 0 Å². The largest absolute Gasteiger partial charge is 0.300 e. The predicted molar refractivity (Wildman–Crippen MR) is 70.6 cm³/mol. The van der Waals surface area contributed by atoms with Crippen LogP contribution in [-0.2, 0) is 0 Å². The maximum atomic E-state index is 2.81. The molecule has 1 nitrogen and oxygen atoms in total. The Morgan fingerprint density at radius 2 is 1.62 bits per heavy atom. The van der Waals surface area contributed by atoms with Gasteiger partial charge in [-0.1, -0.05) is 40.5 Å². The van der Waals surface area contributed by atoms with Crippen molar-refractivity contribution < 1.29 is 0 Å². The average Bonchev–Trinajstić information content (AvgIpc) is 2.69. The highest BCUT2D eigenvalue weighted by Gasteiger charge is 2.37. The molecule has 2 unspecified atom stereocenters. The molecule has 0 aromatic carbocycles. The summed E-state index contributed by atoms with van der Waals surface area (Å²) in [6.07, 6.45) is 7.28. The van der Waals surface area contributed by atoms with Crippen molar-refractivity contribution in [2.24, 2.45) is 17.3 Å². The van der Waals surface area contributed by atoms with Gasteiger partial charge in [0.05, 0.1) is 0 Å². The van der Waals surface area contributed by atoms with Gasteiger partial charge in [-0.25, -0.2) is 0 Å². The van der Waals surface area contributed by atoms with Gasteiger partial charge in [0.2, 0.25) is 0 Å². The number of rotatable bonds is 1. The molecule has 16 heavy (non-hydrogen) atoms. The molecule has 2 atom stereocenters. The van der Waals surface area contributed by atoms with Crippen molar-refractivity contribution in [3.63, 3.8) is 0 Å². The quantitative estimate of drug-likeness (QED) is 0.651. The van der Waals surface area contributed by atoms with E-state index >= 15 is 0 Å². The molecule has 0 aromatic heterocycles. The van der Waals surface area contributed by atoms with Gasteiger partial charge >= 0.3 is 0 Å². The molecule has 2 aliphatic rings. The van der Waals surface area contributed by atoms with Gasteiger partial charge in [-0.05, 0) is 43.1 Å². The molecule has 1 saturated carbocycles. The Kier molecular flexibility index (Phi) is 3.63. The maximum absolute atomic E-state index is 2.81. The molecule has 0 radical (unpaired) electrons. The molecule has 94 valence electrons. The fourth-order valence-corrected chi connectivity index (χ4v) is 3.82. The van der Waals surface area contributed by atoms with E-state index in [1.54, 1.807) is 0 Å². The van der Waals surface area contributed by atoms with E-state index in [2.05, 4.69) is 32.6 Å². The number of hydrogen-bond donors (Lipinski definition) is 0. The van der Waals surface area contributed by atoms with Crippen LogP contribution in [0, 0.1) is 17.3 Å². The Hall–Kier alpha value is -0.0400. The van der Waals surface area contributed by atoms with Gasteiger partial charge in [-0.2, -0.15) is 0 Å². The summed E-state index contributed by atoms with van der Waals surface area (Å²) in [4.78, 5) is 2.81. The molecular weight excluding hydrogens is 194 g/mol. The molecule has 2 fully saturated rings. The standard InChI is InChI=1S/C15H29N/c1-12-9-10-16(13-7-5-6-8-13)11-14(12)15(2,3)4/h12-14H,5-11H2,1-4H3. The molecule has 0 amide bonds. The molecule has 1 saturated heterocycles. The summed E-state index contributed by atoms with van der Waals surface area (Å²) in [5, 5.41) is 0. The van der Waals surface area contributed by atoms with Crippen molar-refractivity contribution in [2.45, 2.75) is 65.8 Å². The third-order valence-corrected chi connectivity index (χ3v) is 4.94. The fourth-order valence-electron chi connectivity index (χ4n) is 3.82. The third kappa shape index (κ3) is 2.61. The van der Waals surface area contributed by atoms with E-state index in [-0.39, 0.29) is 0 Å². The maximum Gasteiger partial charge on any atom is 0.00953 e. The molecule has 2 rings (SSSR count). The van der Waals surface area contributed by atoms with Crippen molar-refractivity contribution in [1.82, 2.24) is 4.90 Å². The minimum absolute atomic E-state index is 0.483. The molecule has 0 aromatic rings. The monoisotopic (exact) mass is 223 g/mol. The van der Waals surface area contributed by atoms with Crippen molar-refractivity contribution in [1.29, 1.82) is 0 Å². The van der Waals surface area contributed by atoms with Crippen LogP contribution in [0.4, 0.5) is 0 Å². The molecule has 1 heterocycles. The SMILES string of the molecule is CC1CCN(C2CCCC2)CC1C(C)(C)C. The van der Waals surface area contributed by atoms with Crippen LogP contribution in [0.25, 0.3) is 0 Å². The van der Waals surface area contributed by atoms with Crippen LogP contribution in [0.3, 0.4) is 0 Å². The summed E-state index contributed by atoms with van der Waals surface area (Å²) in [5.74, 6) is 1.81. The van der Waals surface area contributed by atoms with Gasteiger partial charge in [0.1, 0.15) is 0 Å². The Morgan fingerprint density at radius 3 is 2.19 bits per heavy atom. The molecular formula is C15H29N. The highest BCUT2D eigenvalue weighted by molar-refractivity contribution is 4.89. The van der Waals surface area contributed by atoms with Crippen LogP contribution in [-0.4, -0.2) is 24.0 Å². The van der Waals surface area contributed by atoms with Crippen molar-refractivity contribution in [2.75, 3.05) is 13.1 Å². The van der Waals surface area contributed by atoms with Gasteiger partial charge in [0.15, 0.2) is 0 Å². The van der Waals surface area contributed by atoms with E-state index in [4.69, 9.17) is 0 Å². The van der Waals surface area contributed by atoms with Crippen molar-refractivity contribution in [3.8, 4) is 0 Å². The summed E-state index contributed by atoms with van der Waals surface area (Å²) in [7, 11) is 0. The second-order valence-corrected chi connectivity index (χ2v) is 7.17. The first-order valence-corrected chi connectivity index (χ1v) is 7.22. The van der Waals surface area contributed by atoms with E-state index in [0.29, 0.717) is 5.41 Å². The molecule has 0 bridgehead atoms. The molecule has 1 heteroatoms. The average molecular weight is 223 g/mol. The number of likely N-dealkylation sites (tertiary alicyclic amines) is 1. The van der Waals surface area contributed by atoms with Crippen LogP contribution in [0.5, 0.6) is 0 Å². The Morgan fingerprint density at radius 1 is 1.00 bits per heavy atom. The summed E-state index contributed by atoms with van der Waals surface area (Å²) in [6, 6.07) is 0.928. The van der Waals surface area contributed by atoms with E-state index < -0.39 is 0 Å². The molecule has 1 aliphatic carbocycles. The van der Waals surface area contributed by atoms with Crippen molar-refractivity contribution >= 4 is 0 Å². The first-order chi connectivity index (χ1) is 7.48. The Labute approximate surface area is 102 Å². The zero-order valence-electron chi connectivity index (χ0n) is 11.6. The lowest BCUT2D eigenvalue weighted by molar-refractivity contribution is 0.0315. The van der Waals surface area contributed by atoms with Crippen molar-refractivity contribution in [3.05, 3.63) is 0 Å². The van der Waals surface area contributed by atoms with Gasteiger partial charge < -0.3 is 4.90 Å². The molecule has 0 spiro atoms. The van der Waals surface area contributed by atoms with Crippen LogP contribution in [0.1, 0.15) is 59.8 Å². The summed E-state index contributed by atoms with van der Waals surface area (Å²) >= 11 is 0. The second-order valence-electron chi connectivity index (χ2n) is 7.17. The Bertz CT molecular complexity index is 222. The van der Waals surface area contributed by atoms with Gasteiger partial charge in [0.25, 0.3) is 0 Å². The van der Waals surface area contributed by atoms with E-state index in [1.807, 2.05) is 0 Å². The minimum atomic E-state index is 0.483. The van der Waals surface area contributed by atoms with E-state index in [0.717, 1.165) is 17.9 Å². The predicted octanol–water partition coefficient (Wildman–Crippen LogP) is 3.93. The van der Waals surface area contributed by atoms with Gasteiger partial charge in [0, 0.05) is 12.6 Å². The smallest absolute Gasteiger partial charge is 0.00953 e. The first kappa shape index (κ1) is 12.4. The van der Waals surface area contributed by atoms with Crippen LogP contribution >= 0.6 is 0 Å². The van der Waals surface area contributed by atoms with E-state index in [9.17, 15) is 0 Å². The van der Waals surface area contributed by atoms with Gasteiger partial charge in [-0.15, -0.1) is 0 Å². The highest BCUT2D eigenvalue weighted by atomic mass is 15.2. The normalized spacial score (nSPS) is 34.5. The first-order valence-electron chi connectivity index (χ1n) is 7.22. The molecule has 0 N–H and O–H groups in total. The summed E-state index contributed by atoms with van der Waals surface area (Å²) in [6.45, 7) is 12.4. The van der Waals surface area contributed by atoms with E-state index in [1.165, 1.54) is 45.2 Å². The van der Waals surface area contributed by atoms with Crippen LogP contribution in [0.2, 0.25) is 0 Å². The highest BCUT2D eigenvalue weighted by Crippen LogP contribution is 2.39. The Balaban J connectivity index is 1.98. The number of piperidine rings is 1. The summed E-state index contributed by atoms with van der Waals surface area (Å²) < 4.78 is 0. The number of hydrogen-bond acceptors (Lipinski definition) is 1. The lowest BCUT2D eigenvalue weighted by Crippen LogP contribution is -2.48. The number of nitrogens with zero attached hydrogens (tertiary/aromatic N) is 1. The fraction of sp³-hybridized carbons (Fsp3) is 1.00.